The Labute approximate surface area is 146 Å². The summed E-state index contributed by atoms with van der Waals surface area (Å²) >= 11 is 0. The first kappa shape index (κ1) is 15.9. The fourth-order valence-corrected chi connectivity index (χ4v) is 3.73. The molecular weight excluding hydrogens is 314 g/mol. The Bertz CT molecular complexity index is 877. The number of amides is 1. The van der Waals surface area contributed by atoms with E-state index in [9.17, 15) is 4.79 Å². The summed E-state index contributed by atoms with van der Waals surface area (Å²) in [5, 5.41) is 4.44. The number of fused-ring (bicyclic) bond motifs is 1. The molecule has 0 bridgehead atoms. The number of aromatic amines is 1. The average molecular weight is 337 g/mol. The number of para-hydroxylation sites is 2. The zero-order valence-electron chi connectivity index (χ0n) is 14.7. The summed E-state index contributed by atoms with van der Waals surface area (Å²) in [6.07, 6.45) is 2.46. The Morgan fingerprint density at radius 1 is 1.32 bits per heavy atom. The van der Waals surface area contributed by atoms with Gasteiger partial charge in [-0.15, -0.1) is 0 Å². The van der Waals surface area contributed by atoms with E-state index in [0.717, 1.165) is 47.6 Å². The lowest BCUT2D eigenvalue weighted by atomic mass is 10.2. The van der Waals surface area contributed by atoms with Crippen LogP contribution < -0.4 is 0 Å². The summed E-state index contributed by atoms with van der Waals surface area (Å²) in [6, 6.07) is 10.1. The molecule has 3 aromatic rings. The highest BCUT2D eigenvalue weighted by Crippen LogP contribution is 2.31. The largest absolute Gasteiger partial charge is 0.340 e. The van der Waals surface area contributed by atoms with Gasteiger partial charge in [0.1, 0.15) is 5.82 Å². The van der Waals surface area contributed by atoms with Gasteiger partial charge in [-0.25, -0.2) is 4.98 Å². The van der Waals surface area contributed by atoms with E-state index < -0.39 is 0 Å². The van der Waals surface area contributed by atoms with Crippen molar-refractivity contribution in [1.29, 1.82) is 0 Å². The van der Waals surface area contributed by atoms with Crippen LogP contribution in [0.5, 0.6) is 0 Å². The molecule has 2 aromatic heterocycles. The third-order valence-corrected chi connectivity index (χ3v) is 4.94. The molecule has 4 rings (SSSR count). The maximum absolute atomic E-state index is 12.8. The number of hydrogen-bond acceptors (Lipinski definition) is 3. The highest BCUT2D eigenvalue weighted by atomic mass is 16.2. The third kappa shape index (κ3) is 3.04. The van der Waals surface area contributed by atoms with Crippen LogP contribution in [0.2, 0.25) is 0 Å². The normalized spacial score (nSPS) is 17.5. The van der Waals surface area contributed by atoms with Crippen LogP contribution in [0.25, 0.3) is 11.0 Å². The molecule has 1 N–H and O–H groups in total. The van der Waals surface area contributed by atoms with Crippen LogP contribution in [0.1, 0.15) is 42.5 Å². The zero-order valence-corrected chi connectivity index (χ0v) is 14.7. The molecule has 3 heterocycles. The number of rotatable bonds is 4. The van der Waals surface area contributed by atoms with E-state index in [4.69, 9.17) is 4.98 Å². The molecule has 1 aromatic carbocycles. The van der Waals surface area contributed by atoms with E-state index in [1.54, 1.807) is 0 Å². The second-order valence-corrected chi connectivity index (χ2v) is 6.78. The minimum Gasteiger partial charge on any atom is -0.340 e. The monoisotopic (exact) mass is 337 g/mol. The lowest BCUT2D eigenvalue weighted by Crippen LogP contribution is -2.31. The minimum absolute atomic E-state index is 0.0559. The van der Waals surface area contributed by atoms with Crippen molar-refractivity contribution in [2.24, 2.45) is 0 Å². The molecule has 0 aliphatic carbocycles. The quantitative estimate of drug-likeness (QED) is 0.795. The van der Waals surface area contributed by atoms with Crippen LogP contribution in [-0.4, -0.2) is 37.1 Å². The number of carbonyl (C=O) groups excluding carboxylic acids is 1. The molecule has 1 atom stereocenters. The van der Waals surface area contributed by atoms with E-state index in [1.165, 1.54) is 0 Å². The van der Waals surface area contributed by atoms with Gasteiger partial charge in [0, 0.05) is 25.2 Å². The molecule has 6 heteroatoms. The van der Waals surface area contributed by atoms with Crippen molar-refractivity contribution in [2.75, 3.05) is 6.54 Å². The SMILES string of the molecule is Cc1cc(C)n(CCC(=O)N2CCCC2c2nc3ccccc3[nH]2)n1. The van der Waals surface area contributed by atoms with Crippen LogP contribution in [0.15, 0.2) is 30.3 Å². The number of aromatic nitrogens is 4. The lowest BCUT2D eigenvalue weighted by Gasteiger charge is -2.23. The van der Waals surface area contributed by atoms with Gasteiger partial charge in [0.25, 0.3) is 0 Å². The van der Waals surface area contributed by atoms with Crippen molar-refractivity contribution >= 4 is 16.9 Å². The molecule has 6 nitrogen and oxygen atoms in total. The molecular formula is C19H23N5O. The summed E-state index contributed by atoms with van der Waals surface area (Å²) in [5.41, 5.74) is 4.07. The second-order valence-electron chi connectivity index (χ2n) is 6.78. The summed E-state index contributed by atoms with van der Waals surface area (Å²) in [7, 11) is 0. The molecule has 1 unspecified atom stereocenters. The molecule has 0 radical (unpaired) electrons. The lowest BCUT2D eigenvalue weighted by molar-refractivity contribution is -0.132. The molecule has 1 fully saturated rings. The number of H-pyrrole nitrogens is 1. The third-order valence-electron chi connectivity index (χ3n) is 4.94. The van der Waals surface area contributed by atoms with E-state index in [1.807, 2.05) is 53.8 Å². The second kappa shape index (κ2) is 6.35. The molecule has 1 aliphatic heterocycles. The zero-order chi connectivity index (χ0) is 17.4. The number of carbonyl (C=O) groups is 1. The van der Waals surface area contributed by atoms with Crippen molar-refractivity contribution in [1.82, 2.24) is 24.6 Å². The summed E-state index contributed by atoms with van der Waals surface area (Å²) < 4.78 is 1.92. The van der Waals surface area contributed by atoms with Crippen LogP contribution in [0, 0.1) is 13.8 Å². The van der Waals surface area contributed by atoms with Crippen molar-refractivity contribution in [3.05, 3.63) is 47.5 Å². The van der Waals surface area contributed by atoms with Crippen LogP contribution in [-0.2, 0) is 11.3 Å². The van der Waals surface area contributed by atoms with Gasteiger partial charge < -0.3 is 9.88 Å². The Balaban J connectivity index is 1.48. The van der Waals surface area contributed by atoms with Gasteiger partial charge in [-0.1, -0.05) is 12.1 Å². The van der Waals surface area contributed by atoms with Gasteiger partial charge in [0.15, 0.2) is 0 Å². The van der Waals surface area contributed by atoms with Crippen molar-refractivity contribution in [3.63, 3.8) is 0 Å². The predicted molar refractivity (Wildman–Crippen MR) is 96.1 cm³/mol. The van der Waals surface area contributed by atoms with Crippen molar-refractivity contribution < 1.29 is 4.79 Å². The fourth-order valence-electron chi connectivity index (χ4n) is 3.73. The number of benzene rings is 1. The van der Waals surface area contributed by atoms with Gasteiger partial charge >= 0.3 is 0 Å². The van der Waals surface area contributed by atoms with Crippen molar-refractivity contribution in [2.45, 2.75) is 45.7 Å². The molecule has 25 heavy (non-hydrogen) atoms. The van der Waals surface area contributed by atoms with Crippen LogP contribution in [0.3, 0.4) is 0 Å². The molecule has 0 spiro atoms. The molecule has 1 aliphatic rings. The Morgan fingerprint density at radius 2 is 2.16 bits per heavy atom. The number of hydrogen-bond donors (Lipinski definition) is 1. The predicted octanol–water partition coefficient (Wildman–Crippen LogP) is 3.13. The smallest absolute Gasteiger partial charge is 0.225 e. The molecule has 1 amide bonds. The summed E-state index contributed by atoms with van der Waals surface area (Å²) in [4.78, 5) is 22.8. The highest BCUT2D eigenvalue weighted by molar-refractivity contribution is 5.78. The number of nitrogens with one attached hydrogen (secondary N) is 1. The standard InChI is InChI=1S/C19H23N5O/c1-13-12-14(2)24(22-13)11-9-18(25)23-10-5-8-17(23)19-20-15-6-3-4-7-16(15)21-19/h3-4,6-7,12,17H,5,8-11H2,1-2H3,(H,20,21). The Kier molecular flexibility index (Phi) is 4.03. The van der Waals surface area contributed by atoms with E-state index in [2.05, 4.69) is 10.1 Å². The van der Waals surface area contributed by atoms with Crippen LogP contribution >= 0.6 is 0 Å². The summed E-state index contributed by atoms with van der Waals surface area (Å²) in [6.45, 7) is 5.43. The topological polar surface area (TPSA) is 66.8 Å². The van der Waals surface area contributed by atoms with E-state index >= 15 is 0 Å². The van der Waals surface area contributed by atoms with Gasteiger partial charge in [-0.05, 0) is 44.9 Å². The Hall–Kier alpha value is -2.63. The first-order chi connectivity index (χ1) is 12.1. The highest BCUT2D eigenvalue weighted by Gasteiger charge is 2.31. The van der Waals surface area contributed by atoms with Crippen LogP contribution in [0.4, 0.5) is 0 Å². The first-order valence-corrected chi connectivity index (χ1v) is 8.87. The van der Waals surface area contributed by atoms with E-state index in [0.29, 0.717) is 13.0 Å². The minimum atomic E-state index is 0.0559. The molecule has 0 saturated carbocycles. The summed E-state index contributed by atoms with van der Waals surface area (Å²) in [5.74, 6) is 1.08. The van der Waals surface area contributed by atoms with Gasteiger partial charge in [0.2, 0.25) is 5.91 Å². The van der Waals surface area contributed by atoms with Gasteiger partial charge in [-0.2, -0.15) is 5.10 Å². The van der Waals surface area contributed by atoms with Gasteiger partial charge in [0.05, 0.1) is 22.8 Å². The number of imidazole rings is 1. The number of likely N-dealkylation sites (tertiary alicyclic amines) is 1. The maximum Gasteiger partial charge on any atom is 0.225 e. The fraction of sp³-hybridized carbons (Fsp3) is 0.421. The number of nitrogens with zero attached hydrogens (tertiary/aromatic N) is 4. The molecule has 1 saturated heterocycles. The first-order valence-electron chi connectivity index (χ1n) is 8.87. The van der Waals surface area contributed by atoms with Crippen molar-refractivity contribution in [3.8, 4) is 0 Å². The molecule has 130 valence electrons. The van der Waals surface area contributed by atoms with E-state index in [-0.39, 0.29) is 11.9 Å². The number of aryl methyl sites for hydroxylation is 3. The van der Waals surface area contributed by atoms with Gasteiger partial charge in [-0.3, -0.25) is 9.48 Å². The average Bonchev–Trinajstić information content (AvgIpc) is 3.29. The maximum atomic E-state index is 12.8. The Morgan fingerprint density at radius 3 is 2.92 bits per heavy atom.